The Hall–Kier alpha value is -2.16. The van der Waals surface area contributed by atoms with Crippen LogP contribution in [0.1, 0.15) is 21.9 Å². The molecule has 0 aliphatic heterocycles. The first-order valence-corrected chi connectivity index (χ1v) is 6.10. The summed E-state index contributed by atoms with van der Waals surface area (Å²) >= 11 is 0.902. The van der Waals surface area contributed by atoms with E-state index in [1.54, 1.807) is 13.8 Å². The summed E-state index contributed by atoms with van der Waals surface area (Å²) in [5, 5.41) is 11.1. The average Bonchev–Trinajstić information content (AvgIpc) is 2.23. The molecule has 1 rings (SSSR count). The number of rotatable bonds is 4. The number of nitrogens with two attached hydrogens (primary N) is 1. The maximum atomic E-state index is 11.3. The van der Waals surface area contributed by atoms with Crippen molar-refractivity contribution in [3.05, 3.63) is 17.1 Å². The number of hydrogen-bond donors (Lipinski definition) is 3. The van der Waals surface area contributed by atoms with Crippen molar-refractivity contribution in [3.8, 4) is 0 Å². The lowest BCUT2D eigenvalue weighted by Gasteiger charge is -2.08. The van der Waals surface area contributed by atoms with Crippen LogP contribution in [0, 0.1) is 13.8 Å². The van der Waals surface area contributed by atoms with Crippen molar-refractivity contribution in [1.82, 2.24) is 15.3 Å². The molecular formula is C10H12N4O4S. The van der Waals surface area contributed by atoms with E-state index in [4.69, 9.17) is 10.8 Å². The average molecular weight is 284 g/mol. The molecule has 4 N–H and O–H groups in total. The summed E-state index contributed by atoms with van der Waals surface area (Å²) in [6.07, 6.45) is 0. The Morgan fingerprint density at radius 2 is 1.95 bits per heavy atom. The van der Waals surface area contributed by atoms with Gasteiger partial charge in [0.15, 0.2) is 0 Å². The largest absolute Gasteiger partial charge is 0.478 e. The number of hydrogen-bond acceptors (Lipinski definition) is 6. The first kappa shape index (κ1) is 14.9. The Bertz CT molecular complexity index is 547. The van der Waals surface area contributed by atoms with E-state index in [0.29, 0.717) is 11.5 Å². The van der Waals surface area contributed by atoms with Crippen molar-refractivity contribution in [2.24, 2.45) is 5.73 Å². The molecule has 0 aromatic carbocycles. The number of carboxylic acids is 1. The Kier molecular flexibility index (Phi) is 4.81. The Balaban J connectivity index is 2.91. The van der Waals surface area contributed by atoms with Gasteiger partial charge in [-0.05, 0) is 13.8 Å². The van der Waals surface area contributed by atoms with Crippen LogP contribution in [-0.4, -0.2) is 38.7 Å². The second-order valence-electron chi connectivity index (χ2n) is 3.54. The number of primary amides is 1. The predicted octanol–water partition coefficient (Wildman–Crippen LogP) is 0.0786. The molecule has 1 heterocycles. The number of imide groups is 1. The van der Waals surface area contributed by atoms with Gasteiger partial charge < -0.3 is 10.8 Å². The number of nitrogens with zero attached hydrogens (tertiary/aromatic N) is 2. The molecule has 0 saturated heterocycles. The van der Waals surface area contributed by atoms with Crippen LogP contribution in [0.3, 0.4) is 0 Å². The van der Waals surface area contributed by atoms with Crippen LogP contribution in [0.25, 0.3) is 0 Å². The minimum Gasteiger partial charge on any atom is -0.478 e. The highest BCUT2D eigenvalue weighted by atomic mass is 32.2. The number of aromatic nitrogens is 2. The highest BCUT2D eigenvalue weighted by Gasteiger charge is 2.18. The van der Waals surface area contributed by atoms with E-state index in [2.05, 4.69) is 9.97 Å². The molecule has 3 amide bonds. The third kappa shape index (κ3) is 4.21. The van der Waals surface area contributed by atoms with E-state index in [9.17, 15) is 14.4 Å². The molecule has 1 aromatic rings. The predicted molar refractivity (Wildman–Crippen MR) is 66.9 cm³/mol. The maximum Gasteiger partial charge on any atom is 0.340 e. The summed E-state index contributed by atoms with van der Waals surface area (Å²) in [4.78, 5) is 40.8. The summed E-state index contributed by atoms with van der Waals surface area (Å²) in [6, 6.07) is -0.959. The molecule has 19 heavy (non-hydrogen) atoms. The highest BCUT2D eigenvalue weighted by molar-refractivity contribution is 8.00. The quantitative estimate of drug-likeness (QED) is 0.526. The van der Waals surface area contributed by atoms with Gasteiger partial charge in [0.05, 0.1) is 11.4 Å². The maximum absolute atomic E-state index is 11.3. The highest BCUT2D eigenvalue weighted by Crippen LogP contribution is 2.22. The molecule has 102 valence electrons. The zero-order valence-corrected chi connectivity index (χ0v) is 11.1. The fourth-order valence-corrected chi connectivity index (χ4v) is 2.26. The van der Waals surface area contributed by atoms with E-state index in [-0.39, 0.29) is 16.3 Å². The normalized spacial score (nSPS) is 10.0. The lowest BCUT2D eigenvalue weighted by molar-refractivity contribution is -0.117. The third-order valence-corrected chi connectivity index (χ3v) is 2.96. The van der Waals surface area contributed by atoms with Gasteiger partial charge in [0.25, 0.3) is 0 Å². The summed E-state index contributed by atoms with van der Waals surface area (Å²) in [5.41, 5.74) is 5.05. The van der Waals surface area contributed by atoms with Crippen molar-refractivity contribution >= 4 is 29.7 Å². The number of urea groups is 1. The Morgan fingerprint density at radius 1 is 1.32 bits per heavy atom. The second-order valence-corrected chi connectivity index (χ2v) is 4.51. The topological polar surface area (TPSA) is 135 Å². The van der Waals surface area contributed by atoms with Crippen LogP contribution < -0.4 is 11.1 Å². The van der Waals surface area contributed by atoms with Gasteiger partial charge in [-0.2, -0.15) is 0 Å². The molecule has 0 spiro atoms. The molecule has 0 aliphatic carbocycles. The SMILES string of the molecule is Cc1nc(C)c(C(=O)O)c(SCC(=O)NC(N)=O)n1. The fourth-order valence-electron chi connectivity index (χ4n) is 1.34. The number of thioether (sulfide) groups is 1. The third-order valence-electron chi connectivity index (χ3n) is 1.98. The van der Waals surface area contributed by atoms with E-state index in [0.717, 1.165) is 11.8 Å². The number of nitrogens with one attached hydrogen (secondary N) is 1. The van der Waals surface area contributed by atoms with Crippen LogP contribution in [-0.2, 0) is 4.79 Å². The number of aryl methyl sites for hydroxylation is 2. The minimum absolute atomic E-state index is 0.0533. The van der Waals surface area contributed by atoms with Crippen molar-refractivity contribution in [1.29, 1.82) is 0 Å². The second kappa shape index (κ2) is 6.14. The van der Waals surface area contributed by atoms with Crippen molar-refractivity contribution in [3.63, 3.8) is 0 Å². The fraction of sp³-hybridized carbons (Fsp3) is 0.300. The number of carbonyl (C=O) groups is 3. The summed E-state index contributed by atoms with van der Waals surface area (Å²) in [6.45, 7) is 3.16. The van der Waals surface area contributed by atoms with Gasteiger partial charge in [-0.15, -0.1) is 0 Å². The summed E-state index contributed by atoms with van der Waals surface area (Å²) in [7, 11) is 0. The molecule has 0 radical (unpaired) electrons. The molecule has 9 heteroatoms. The van der Waals surface area contributed by atoms with E-state index >= 15 is 0 Å². The van der Waals surface area contributed by atoms with Crippen LogP contribution in [0.2, 0.25) is 0 Å². The molecule has 0 aliphatic rings. The van der Waals surface area contributed by atoms with Gasteiger partial charge in [0, 0.05) is 0 Å². The van der Waals surface area contributed by atoms with Crippen LogP contribution >= 0.6 is 11.8 Å². The van der Waals surface area contributed by atoms with Gasteiger partial charge in [0.1, 0.15) is 16.4 Å². The van der Waals surface area contributed by atoms with E-state index in [1.807, 2.05) is 5.32 Å². The molecule has 0 atom stereocenters. The van der Waals surface area contributed by atoms with Gasteiger partial charge in [-0.3, -0.25) is 10.1 Å². The van der Waals surface area contributed by atoms with Crippen LogP contribution in [0.15, 0.2) is 5.03 Å². The smallest absolute Gasteiger partial charge is 0.340 e. The minimum atomic E-state index is -1.17. The Morgan fingerprint density at radius 3 is 2.47 bits per heavy atom. The molecule has 0 bridgehead atoms. The number of amides is 3. The standard InChI is InChI=1S/C10H12N4O4S/c1-4-7(9(16)17)8(13-5(2)12-4)19-3-6(15)14-10(11)18/h3H2,1-2H3,(H,16,17)(H3,11,14,15,18). The molecule has 0 saturated carbocycles. The number of aromatic carboxylic acids is 1. The first-order valence-electron chi connectivity index (χ1n) is 5.12. The molecule has 8 nitrogen and oxygen atoms in total. The summed E-state index contributed by atoms with van der Waals surface area (Å²) < 4.78 is 0. The van der Waals surface area contributed by atoms with Gasteiger partial charge in [-0.25, -0.2) is 19.6 Å². The van der Waals surface area contributed by atoms with Gasteiger partial charge >= 0.3 is 12.0 Å². The number of carbonyl (C=O) groups excluding carboxylic acids is 2. The van der Waals surface area contributed by atoms with Crippen LogP contribution in [0.5, 0.6) is 0 Å². The van der Waals surface area contributed by atoms with Gasteiger partial charge in [0.2, 0.25) is 5.91 Å². The number of carboxylic acid groups (broad SMARTS) is 1. The molecule has 1 aromatic heterocycles. The lowest BCUT2D eigenvalue weighted by atomic mass is 10.2. The van der Waals surface area contributed by atoms with Crippen molar-refractivity contribution < 1.29 is 19.5 Å². The summed E-state index contributed by atoms with van der Waals surface area (Å²) in [5.74, 6) is -1.56. The van der Waals surface area contributed by atoms with Crippen molar-refractivity contribution in [2.75, 3.05) is 5.75 Å². The zero-order chi connectivity index (χ0) is 14.6. The van der Waals surface area contributed by atoms with Crippen molar-refractivity contribution in [2.45, 2.75) is 18.9 Å². The first-order chi connectivity index (χ1) is 8.81. The molecular weight excluding hydrogens is 272 g/mol. The van der Waals surface area contributed by atoms with Crippen LogP contribution in [0.4, 0.5) is 4.79 Å². The molecule has 0 fully saturated rings. The molecule has 0 unspecified atom stereocenters. The lowest BCUT2D eigenvalue weighted by Crippen LogP contribution is -2.36. The van der Waals surface area contributed by atoms with E-state index in [1.165, 1.54) is 0 Å². The van der Waals surface area contributed by atoms with E-state index < -0.39 is 17.9 Å². The monoisotopic (exact) mass is 284 g/mol. The Labute approximate surface area is 112 Å². The van der Waals surface area contributed by atoms with Gasteiger partial charge in [-0.1, -0.05) is 11.8 Å². The zero-order valence-electron chi connectivity index (χ0n) is 10.3.